The molecule has 2 nitrogen and oxygen atoms in total. The molecule has 0 amide bonds. The van der Waals surface area contributed by atoms with Gasteiger partial charge in [0.2, 0.25) is 0 Å². The first-order chi connectivity index (χ1) is 6.15. The van der Waals surface area contributed by atoms with Crippen molar-refractivity contribution in [1.29, 1.82) is 0 Å². The summed E-state index contributed by atoms with van der Waals surface area (Å²) in [5.41, 5.74) is 1.56. The van der Waals surface area contributed by atoms with E-state index in [1.54, 1.807) is 12.1 Å². The van der Waals surface area contributed by atoms with Crippen LogP contribution in [0.1, 0.15) is 15.9 Å². The fourth-order valence-electron chi connectivity index (χ4n) is 0.981. The van der Waals surface area contributed by atoms with Gasteiger partial charge in [0.25, 0.3) is 0 Å². The first kappa shape index (κ1) is 10.2. The molecule has 0 aliphatic rings. The standard InChI is InChI=1S/C10H11ClO2/c1-7-3-4-8(5-9(7)11)10(12)6-13-2/h3-5H,6H2,1-2H3. The van der Waals surface area contributed by atoms with Gasteiger partial charge in [-0.1, -0.05) is 23.7 Å². The van der Waals surface area contributed by atoms with E-state index in [0.29, 0.717) is 10.6 Å². The Bertz CT molecular complexity index is 321. The predicted molar refractivity (Wildman–Crippen MR) is 52.4 cm³/mol. The number of ketones is 1. The van der Waals surface area contributed by atoms with Crippen LogP contribution in [0.2, 0.25) is 5.02 Å². The second-order valence-corrected chi connectivity index (χ2v) is 3.23. The van der Waals surface area contributed by atoms with E-state index in [-0.39, 0.29) is 12.4 Å². The fraction of sp³-hybridized carbons (Fsp3) is 0.300. The van der Waals surface area contributed by atoms with Gasteiger partial charge in [0.1, 0.15) is 6.61 Å². The number of halogens is 1. The third-order valence-electron chi connectivity index (χ3n) is 1.77. The van der Waals surface area contributed by atoms with E-state index in [1.165, 1.54) is 7.11 Å². The van der Waals surface area contributed by atoms with Crippen molar-refractivity contribution in [2.75, 3.05) is 13.7 Å². The lowest BCUT2D eigenvalue weighted by molar-refractivity contribution is 0.0848. The van der Waals surface area contributed by atoms with Gasteiger partial charge in [-0.25, -0.2) is 0 Å². The van der Waals surface area contributed by atoms with E-state index in [9.17, 15) is 4.79 Å². The first-order valence-electron chi connectivity index (χ1n) is 3.93. The minimum Gasteiger partial charge on any atom is -0.377 e. The van der Waals surface area contributed by atoms with Crippen molar-refractivity contribution in [3.63, 3.8) is 0 Å². The summed E-state index contributed by atoms with van der Waals surface area (Å²) < 4.78 is 4.74. The lowest BCUT2D eigenvalue weighted by Gasteiger charge is -2.02. The summed E-state index contributed by atoms with van der Waals surface area (Å²) in [4.78, 5) is 11.3. The van der Waals surface area contributed by atoms with Gasteiger partial charge in [-0.3, -0.25) is 4.79 Å². The molecule has 1 aromatic rings. The molecule has 0 fully saturated rings. The summed E-state index contributed by atoms with van der Waals surface area (Å²) in [6, 6.07) is 5.24. The summed E-state index contributed by atoms with van der Waals surface area (Å²) >= 11 is 5.87. The Kier molecular flexibility index (Phi) is 3.46. The monoisotopic (exact) mass is 198 g/mol. The molecule has 70 valence electrons. The third kappa shape index (κ3) is 2.54. The Hall–Kier alpha value is -0.860. The number of hydrogen-bond acceptors (Lipinski definition) is 2. The second kappa shape index (κ2) is 4.40. The number of carbonyl (C=O) groups excluding carboxylic acids is 1. The van der Waals surface area contributed by atoms with Crippen LogP contribution in [0.15, 0.2) is 18.2 Å². The van der Waals surface area contributed by atoms with Crippen LogP contribution in [0.4, 0.5) is 0 Å². The maximum atomic E-state index is 11.3. The van der Waals surface area contributed by atoms with Gasteiger partial charge in [0, 0.05) is 17.7 Å². The van der Waals surface area contributed by atoms with Crippen LogP contribution < -0.4 is 0 Å². The Morgan fingerprint density at radius 2 is 2.23 bits per heavy atom. The number of hydrogen-bond donors (Lipinski definition) is 0. The van der Waals surface area contributed by atoms with Crippen LogP contribution in [0.5, 0.6) is 0 Å². The zero-order valence-corrected chi connectivity index (χ0v) is 8.39. The third-order valence-corrected chi connectivity index (χ3v) is 2.18. The lowest BCUT2D eigenvalue weighted by atomic mass is 10.1. The van der Waals surface area contributed by atoms with Crippen LogP contribution in [-0.2, 0) is 4.74 Å². The van der Waals surface area contributed by atoms with Crippen LogP contribution >= 0.6 is 11.6 Å². The highest BCUT2D eigenvalue weighted by molar-refractivity contribution is 6.31. The average Bonchev–Trinajstić information content (AvgIpc) is 2.10. The van der Waals surface area contributed by atoms with Crippen LogP contribution in [0.3, 0.4) is 0 Å². The number of methoxy groups -OCH3 is 1. The molecule has 1 aromatic carbocycles. The molecule has 0 saturated heterocycles. The Morgan fingerprint density at radius 1 is 1.54 bits per heavy atom. The molecular formula is C10H11ClO2. The molecule has 0 atom stereocenters. The number of ether oxygens (including phenoxy) is 1. The van der Waals surface area contributed by atoms with Crippen LogP contribution in [-0.4, -0.2) is 19.5 Å². The molecule has 0 aliphatic heterocycles. The van der Waals surface area contributed by atoms with Crippen molar-refractivity contribution in [3.05, 3.63) is 34.3 Å². The molecule has 0 bridgehead atoms. The van der Waals surface area contributed by atoms with Gasteiger partial charge in [0.15, 0.2) is 5.78 Å². The molecule has 13 heavy (non-hydrogen) atoms. The van der Waals surface area contributed by atoms with E-state index in [1.807, 2.05) is 13.0 Å². The average molecular weight is 199 g/mol. The maximum absolute atomic E-state index is 11.3. The number of benzene rings is 1. The molecule has 0 saturated carbocycles. The lowest BCUT2D eigenvalue weighted by Crippen LogP contribution is -2.06. The summed E-state index contributed by atoms with van der Waals surface area (Å²) in [5, 5.41) is 0.613. The normalized spacial score (nSPS) is 10.1. The minimum atomic E-state index is -0.0515. The van der Waals surface area contributed by atoms with Gasteiger partial charge in [-0.15, -0.1) is 0 Å². The van der Waals surface area contributed by atoms with E-state index >= 15 is 0 Å². The molecule has 0 unspecified atom stereocenters. The zero-order chi connectivity index (χ0) is 9.84. The second-order valence-electron chi connectivity index (χ2n) is 2.82. The maximum Gasteiger partial charge on any atom is 0.188 e. The van der Waals surface area contributed by atoms with Crippen molar-refractivity contribution in [2.24, 2.45) is 0 Å². The van der Waals surface area contributed by atoms with Gasteiger partial charge in [0.05, 0.1) is 0 Å². The van der Waals surface area contributed by atoms with E-state index in [0.717, 1.165) is 5.56 Å². The van der Waals surface area contributed by atoms with Crippen LogP contribution in [0, 0.1) is 6.92 Å². The van der Waals surface area contributed by atoms with Gasteiger partial charge in [-0.05, 0) is 18.6 Å². The smallest absolute Gasteiger partial charge is 0.188 e. The molecule has 0 heterocycles. The Labute approximate surface area is 82.5 Å². The highest BCUT2D eigenvalue weighted by Crippen LogP contribution is 2.16. The van der Waals surface area contributed by atoms with Gasteiger partial charge in [-0.2, -0.15) is 0 Å². The molecule has 0 aliphatic carbocycles. The molecule has 0 aromatic heterocycles. The zero-order valence-electron chi connectivity index (χ0n) is 7.63. The Morgan fingerprint density at radius 3 is 2.77 bits per heavy atom. The first-order valence-corrected chi connectivity index (χ1v) is 4.31. The SMILES string of the molecule is COCC(=O)c1ccc(C)c(Cl)c1. The number of carbonyl (C=O) groups is 1. The largest absolute Gasteiger partial charge is 0.377 e. The molecule has 1 rings (SSSR count). The summed E-state index contributed by atoms with van der Waals surface area (Å²) in [6.07, 6.45) is 0. The van der Waals surface area contributed by atoms with Crippen molar-refractivity contribution in [2.45, 2.75) is 6.92 Å². The van der Waals surface area contributed by atoms with E-state index < -0.39 is 0 Å². The highest BCUT2D eigenvalue weighted by atomic mass is 35.5. The summed E-state index contributed by atoms with van der Waals surface area (Å²) in [7, 11) is 1.49. The number of rotatable bonds is 3. The predicted octanol–water partition coefficient (Wildman–Crippen LogP) is 2.48. The summed E-state index contributed by atoms with van der Waals surface area (Å²) in [6.45, 7) is 1.99. The Balaban J connectivity index is 2.90. The molecule has 0 radical (unpaired) electrons. The quantitative estimate of drug-likeness (QED) is 0.698. The highest BCUT2D eigenvalue weighted by Gasteiger charge is 2.06. The number of Topliss-reactive ketones (excluding diaryl/α,β-unsaturated/α-hetero) is 1. The molecule has 0 N–H and O–H groups in total. The van der Waals surface area contributed by atoms with E-state index in [2.05, 4.69) is 0 Å². The van der Waals surface area contributed by atoms with Crippen molar-refractivity contribution in [3.8, 4) is 0 Å². The number of aryl methyl sites for hydroxylation is 1. The van der Waals surface area contributed by atoms with E-state index in [4.69, 9.17) is 16.3 Å². The van der Waals surface area contributed by atoms with Crippen molar-refractivity contribution in [1.82, 2.24) is 0 Å². The minimum absolute atomic E-state index is 0.0515. The molecule has 0 spiro atoms. The molecule has 3 heteroatoms. The molecular weight excluding hydrogens is 188 g/mol. The topological polar surface area (TPSA) is 26.3 Å². The van der Waals surface area contributed by atoms with Crippen LogP contribution in [0.25, 0.3) is 0 Å². The van der Waals surface area contributed by atoms with Gasteiger partial charge >= 0.3 is 0 Å². The summed E-state index contributed by atoms with van der Waals surface area (Å²) in [5.74, 6) is -0.0515. The fourth-order valence-corrected chi connectivity index (χ4v) is 1.16. The van der Waals surface area contributed by atoms with Gasteiger partial charge < -0.3 is 4.74 Å². The van der Waals surface area contributed by atoms with Crippen molar-refractivity contribution >= 4 is 17.4 Å². The van der Waals surface area contributed by atoms with Crippen molar-refractivity contribution < 1.29 is 9.53 Å².